The Morgan fingerprint density at radius 3 is 2.60 bits per heavy atom. The molecule has 0 unspecified atom stereocenters. The first-order chi connectivity index (χ1) is 17.1. The van der Waals surface area contributed by atoms with E-state index in [9.17, 15) is 9.18 Å². The largest absolute Gasteiger partial charge is 0.452 e. The molecule has 176 valence electrons. The Hall–Kier alpha value is -3.83. The molecule has 0 aliphatic rings. The number of hydrogen-bond acceptors (Lipinski definition) is 9. The third kappa shape index (κ3) is 5.15. The molecule has 8 nitrogen and oxygen atoms in total. The Bertz CT molecular complexity index is 1420. The van der Waals surface area contributed by atoms with Crippen LogP contribution < -0.4 is 0 Å². The average molecular weight is 508 g/mol. The number of aromatic nitrogens is 5. The number of carbonyl (C=O) groups is 1. The molecule has 35 heavy (non-hydrogen) atoms. The number of benzene rings is 2. The van der Waals surface area contributed by atoms with Gasteiger partial charge in [0.05, 0.1) is 10.6 Å². The molecule has 0 saturated carbocycles. The van der Waals surface area contributed by atoms with Gasteiger partial charge in [-0.25, -0.2) is 4.39 Å². The van der Waals surface area contributed by atoms with Crippen LogP contribution in [-0.4, -0.2) is 36.7 Å². The van der Waals surface area contributed by atoms with Crippen molar-refractivity contribution in [3.8, 4) is 27.8 Å². The van der Waals surface area contributed by atoms with Crippen LogP contribution in [0.1, 0.15) is 18.9 Å². The highest BCUT2D eigenvalue weighted by Crippen LogP contribution is 2.29. The van der Waals surface area contributed by atoms with Gasteiger partial charge in [0.15, 0.2) is 17.1 Å². The lowest BCUT2D eigenvalue weighted by Crippen LogP contribution is -2.12. The zero-order valence-electron chi connectivity index (χ0n) is 18.4. The summed E-state index contributed by atoms with van der Waals surface area (Å²) in [5.41, 5.74) is 1.51. The number of carbonyl (C=O) groups excluding carboxylic acids is 1. The molecule has 0 spiro atoms. The summed E-state index contributed by atoms with van der Waals surface area (Å²) in [7, 11) is 0. The Labute approximate surface area is 207 Å². The van der Waals surface area contributed by atoms with E-state index in [1.165, 1.54) is 35.2 Å². The minimum Gasteiger partial charge on any atom is -0.452 e. The Kier molecular flexibility index (Phi) is 6.68. The molecular weight excluding hydrogens is 489 g/mol. The van der Waals surface area contributed by atoms with E-state index in [-0.39, 0.29) is 17.5 Å². The summed E-state index contributed by atoms with van der Waals surface area (Å²) in [5.74, 6) is 0.325. The minimum absolute atomic E-state index is 0.00928. The quantitative estimate of drug-likeness (QED) is 0.198. The molecule has 0 fully saturated rings. The van der Waals surface area contributed by atoms with Crippen LogP contribution in [0.4, 0.5) is 4.39 Å². The van der Waals surface area contributed by atoms with Gasteiger partial charge in [0, 0.05) is 11.3 Å². The van der Waals surface area contributed by atoms with Gasteiger partial charge >= 0.3 is 5.97 Å². The van der Waals surface area contributed by atoms with E-state index >= 15 is 0 Å². The summed E-state index contributed by atoms with van der Waals surface area (Å²) in [6, 6.07) is 19.3. The Balaban J connectivity index is 1.30. The van der Waals surface area contributed by atoms with E-state index in [0.29, 0.717) is 22.4 Å². The molecule has 0 radical (unpaired) electrons. The summed E-state index contributed by atoms with van der Waals surface area (Å²) >= 11 is 2.66. The molecule has 5 aromatic rings. The van der Waals surface area contributed by atoms with Crippen molar-refractivity contribution < 1.29 is 18.3 Å². The van der Waals surface area contributed by atoms with Crippen molar-refractivity contribution in [1.82, 2.24) is 25.0 Å². The average Bonchev–Trinajstić information content (AvgIpc) is 3.64. The number of halogens is 1. The molecule has 5 rings (SSSR count). The first-order valence-electron chi connectivity index (χ1n) is 10.5. The fourth-order valence-electron chi connectivity index (χ4n) is 3.26. The zero-order chi connectivity index (χ0) is 24.2. The molecule has 3 heterocycles. The standard InChI is InChI=1S/C24H18FN5O3S2/c1-15(22-27-28-23(33-22)19-8-5-13-34-19)32-20(31)14-35-24-29-26-21(16-9-11-17(25)12-10-16)30(24)18-6-3-2-4-7-18/h2-13,15H,14H2,1H3/t15-/m1/s1. The molecule has 0 bridgehead atoms. The van der Waals surface area contributed by atoms with Crippen molar-refractivity contribution in [1.29, 1.82) is 0 Å². The molecule has 0 aliphatic heterocycles. The van der Waals surface area contributed by atoms with Crippen LogP contribution in [0.15, 0.2) is 81.7 Å². The van der Waals surface area contributed by atoms with Crippen LogP contribution in [0.3, 0.4) is 0 Å². The lowest BCUT2D eigenvalue weighted by Gasteiger charge is -2.11. The summed E-state index contributed by atoms with van der Waals surface area (Å²) < 4.78 is 26.4. The van der Waals surface area contributed by atoms with Gasteiger partial charge in [-0.15, -0.1) is 31.7 Å². The maximum Gasteiger partial charge on any atom is 0.317 e. The number of esters is 1. The van der Waals surface area contributed by atoms with Crippen LogP contribution in [-0.2, 0) is 9.53 Å². The third-order valence-electron chi connectivity index (χ3n) is 4.90. The van der Waals surface area contributed by atoms with Gasteiger partial charge in [0.1, 0.15) is 5.82 Å². The van der Waals surface area contributed by atoms with Gasteiger partial charge in [-0.05, 0) is 54.8 Å². The highest BCUT2D eigenvalue weighted by atomic mass is 32.2. The van der Waals surface area contributed by atoms with Crippen LogP contribution in [0.5, 0.6) is 0 Å². The zero-order valence-corrected chi connectivity index (χ0v) is 20.0. The second-order valence-electron chi connectivity index (χ2n) is 7.33. The van der Waals surface area contributed by atoms with E-state index in [4.69, 9.17) is 9.15 Å². The number of rotatable bonds is 8. The van der Waals surface area contributed by atoms with E-state index in [2.05, 4.69) is 20.4 Å². The second-order valence-corrected chi connectivity index (χ2v) is 9.22. The molecular formula is C24H18FN5O3S2. The van der Waals surface area contributed by atoms with Crippen LogP contribution in [0.2, 0.25) is 0 Å². The fourth-order valence-corrected chi connectivity index (χ4v) is 4.64. The molecule has 0 aliphatic carbocycles. The van der Waals surface area contributed by atoms with Gasteiger partial charge < -0.3 is 9.15 Å². The number of ether oxygens (including phenoxy) is 1. The van der Waals surface area contributed by atoms with Gasteiger partial charge in [-0.2, -0.15) is 0 Å². The Morgan fingerprint density at radius 2 is 1.86 bits per heavy atom. The maximum atomic E-state index is 13.4. The van der Waals surface area contributed by atoms with Crippen LogP contribution in [0, 0.1) is 5.82 Å². The normalized spacial score (nSPS) is 11.9. The monoisotopic (exact) mass is 507 g/mol. The van der Waals surface area contributed by atoms with Gasteiger partial charge in [0.2, 0.25) is 0 Å². The van der Waals surface area contributed by atoms with Crippen molar-refractivity contribution in [2.75, 3.05) is 5.75 Å². The lowest BCUT2D eigenvalue weighted by atomic mass is 10.2. The lowest BCUT2D eigenvalue weighted by molar-refractivity contribution is -0.146. The first kappa shape index (κ1) is 22.9. The number of thioether (sulfide) groups is 1. The first-order valence-corrected chi connectivity index (χ1v) is 12.4. The molecule has 0 amide bonds. The second kappa shape index (κ2) is 10.2. The summed E-state index contributed by atoms with van der Waals surface area (Å²) in [5, 5.41) is 19.0. The van der Waals surface area contributed by atoms with E-state index in [1.54, 1.807) is 19.1 Å². The van der Waals surface area contributed by atoms with Crippen LogP contribution >= 0.6 is 23.1 Å². The van der Waals surface area contributed by atoms with Crippen molar-refractivity contribution in [3.63, 3.8) is 0 Å². The van der Waals surface area contributed by atoms with E-state index in [0.717, 1.165) is 10.6 Å². The smallest absolute Gasteiger partial charge is 0.317 e. The van der Waals surface area contributed by atoms with Crippen molar-refractivity contribution in [2.45, 2.75) is 18.2 Å². The van der Waals surface area contributed by atoms with E-state index in [1.807, 2.05) is 52.4 Å². The number of thiophene rings is 1. The summed E-state index contributed by atoms with van der Waals surface area (Å²) in [4.78, 5) is 13.4. The molecule has 3 aromatic heterocycles. The minimum atomic E-state index is -0.703. The molecule has 1 atom stereocenters. The molecule has 2 aromatic carbocycles. The van der Waals surface area contributed by atoms with Crippen molar-refractivity contribution >= 4 is 29.1 Å². The highest BCUT2D eigenvalue weighted by Gasteiger charge is 2.21. The van der Waals surface area contributed by atoms with E-state index < -0.39 is 12.1 Å². The topological polar surface area (TPSA) is 95.9 Å². The number of hydrogen-bond donors (Lipinski definition) is 0. The van der Waals surface area contributed by atoms with Crippen LogP contribution in [0.25, 0.3) is 27.8 Å². The van der Waals surface area contributed by atoms with Gasteiger partial charge in [-0.1, -0.05) is 36.0 Å². The van der Waals surface area contributed by atoms with Crippen molar-refractivity contribution in [2.24, 2.45) is 0 Å². The molecule has 0 saturated heterocycles. The molecule has 11 heteroatoms. The SMILES string of the molecule is C[C@@H](OC(=O)CSc1nnc(-c2ccc(F)cc2)n1-c1ccccc1)c1nnc(-c2cccs2)o1. The van der Waals surface area contributed by atoms with Crippen molar-refractivity contribution in [3.05, 3.63) is 83.8 Å². The third-order valence-corrected chi connectivity index (χ3v) is 6.66. The number of para-hydroxylation sites is 1. The summed E-state index contributed by atoms with van der Waals surface area (Å²) in [6.07, 6.45) is -0.703. The Morgan fingerprint density at radius 1 is 1.06 bits per heavy atom. The van der Waals surface area contributed by atoms with Gasteiger partial charge in [-0.3, -0.25) is 9.36 Å². The maximum absolute atomic E-state index is 13.4. The van der Waals surface area contributed by atoms with Gasteiger partial charge in [0.25, 0.3) is 11.8 Å². The predicted octanol–water partition coefficient (Wildman–Crippen LogP) is 5.58. The highest BCUT2D eigenvalue weighted by molar-refractivity contribution is 7.99. The fraction of sp³-hybridized carbons (Fsp3) is 0.125. The predicted molar refractivity (Wildman–Crippen MR) is 130 cm³/mol. The number of nitrogens with zero attached hydrogens (tertiary/aromatic N) is 5. The summed E-state index contributed by atoms with van der Waals surface area (Å²) in [6.45, 7) is 1.67. The molecule has 0 N–H and O–H groups in total.